The summed E-state index contributed by atoms with van der Waals surface area (Å²) in [5.74, 6) is -0.855. The zero-order valence-electron chi connectivity index (χ0n) is 54.5. The van der Waals surface area contributed by atoms with Crippen molar-refractivity contribution in [3.05, 3.63) is 85.1 Å². The fourth-order valence-corrected chi connectivity index (χ4v) is 10.4. The Balaban J connectivity index is 4.07. The first kappa shape index (κ1) is 78.6. The molecule has 1 unspecified atom stereocenters. The molecule has 0 rings (SSSR count). The van der Waals surface area contributed by atoms with Crippen molar-refractivity contribution >= 4 is 17.9 Å². The minimum atomic E-state index is -0.771. The van der Waals surface area contributed by atoms with Gasteiger partial charge in [-0.05, 0) is 77.0 Å². The fraction of sp³-hybridized carbons (Fsp3) is 0.776. The minimum absolute atomic E-state index is 0.0701. The summed E-state index contributed by atoms with van der Waals surface area (Å²) < 4.78 is 16.9. The SMILES string of the molecule is CC/C=C\C/C=C\C/C=C\C/C=C\C/C=C\C/C=C\C/C=C\CCCCCCCCCCCCCCCC(=O)OCC(COC(=O)CCCCCCCCCC)OC(=O)CCCCCCCCCCCCCCCCCCCCCCC. The second-order valence-electron chi connectivity index (χ2n) is 23.8. The van der Waals surface area contributed by atoms with E-state index in [1.807, 2.05) is 0 Å². The van der Waals surface area contributed by atoms with Crippen LogP contribution in [0.4, 0.5) is 0 Å². The standard InChI is InChI=1S/C76H134O6/c1-4-7-10-13-16-19-21-23-25-27-29-31-32-33-34-35-36-37-38-39-40-41-42-43-44-46-47-49-51-53-55-57-60-63-66-69-75(78)81-72-73(71-80-74(77)68-65-62-59-18-15-12-9-6-3)82-76(79)70-67-64-61-58-56-54-52-50-48-45-30-28-26-24-22-20-17-14-11-8-5-2/h7,10,16,19,23,25,29,31,33-34,36-37,39-40,73H,4-6,8-9,11-15,17-18,20-22,24,26-28,30,32,35,38,41-72H2,1-3H3/b10-7-,19-16-,25-23-,31-29-,34-33-,37-36-,40-39-. The maximum Gasteiger partial charge on any atom is 0.306 e. The van der Waals surface area contributed by atoms with Crippen molar-refractivity contribution in [1.29, 1.82) is 0 Å². The van der Waals surface area contributed by atoms with E-state index in [0.29, 0.717) is 19.3 Å². The molecule has 0 saturated carbocycles. The molecule has 474 valence electrons. The molecule has 0 fully saturated rings. The van der Waals surface area contributed by atoms with Crippen LogP contribution < -0.4 is 0 Å². The average molecular weight is 1140 g/mol. The Bertz CT molecular complexity index is 1550. The molecule has 0 bridgehead atoms. The minimum Gasteiger partial charge on any atom is -0.462 e. The summed E-state index contributed by atoms with van der Waals surface area (Å²) in [6.45, 7) is 6.55. The molecule has 0 heterocycles. The quantitative estimate of drug-likeness (QED) is 0.0261. The van der Waals surface area contributed by atoms with Crippen LogP contribution in [0.15, 0.2) is 85.1 Å². The Morgan fingerprint density at radius 3 is 0.744 bits per heavy atom. The molecular formula is C76H134O6. The molecular weight excluding hydrogens is 1010 g/mol. The molecule has 0 N–H and O–H groups in total. The molecule has 0 aliphatic heterocycles. The first-order valence-electron chi connectivity index (χ1n) is 35.6. The molecule has 0 aromatic heterocycles. The molecule has 82 heavy (non-hydrogen) atoms. The monoisotopic (exact) mass is 1140 g/mol. The third kappa shape index (κ3) is 67.4. The summed E-state index contributed by atoms with van der Waals surface area (Å²) in [6, 6.07) is 0. The highest BCUT2D eigenvalue weighted by Gasteiger charge is 2.19. The molecule has 0 amide bonds. The third-order valence-electron chi connectivity index (χ3n) is 15.7. The fourth-order valence-electron chi connectivity index (χ4n) is 10.4. The number of hydrogen-bond donors (Lipinski definition) is 0. The number of rotatable bonds is 65. The Labute approximate surface area is 509 Å². The summed E-state index contributed by atoms with van der Waals surface area (Å²) in [4.78, 5) is 38.2. The van der Waals surface area contributed by atoms with Gasteiger partial charge in [0.25, 0.3) is 0 Å². The Morgan fingerprint density at radius 1 is 0.256 bits per heavy atom. The van der Waals surface area contributed by atoms with Crippen molar-refractivity contribution in [3.8, 4) is 0 Å². The van der Waals surface area contributed by atoms with E-state index in [4.69, 9.17) is 14.2 Å². The molecule has 6 nitrogen and oxygen atoms in total. The first-order valence-corrected chi connectivity index (χ1v) is 35.6. The van der Waals surface area contributed by atoms with E-state index in [0.717, 1.165) is 103 Å². The van der Waals surface area contributed by atoms with Crippen molar-refractivity contribution in [2.75, 3.05) is 13.2 Å². The van der Waals surface area contributed by atoms with Crippen LogP contribution in [0.5, 0.6) is 0 Å². The Morgan fingerprint density at radius 2 is 0.476 bits per heavy atom. The summed E-state index contributed by atoms with van der Waals surface area (Å²) in [5, 5.41) is 0. The lowest BCUT2D eigenvalue weighted by Gasteiger charge is -2.18. The molecule has 1 atom stereocenters. The maximum absolute atomic E-state index is 12.9. The van der Waals surface area contributed by atoms with E-state index >= 15 is 0 Å². The summed E-state index contributed by atoms with van der Waals surface area (Å²) >= 11 is 0. The van der Waals surface area contributed by atoms with Gasteiger partial charge >= 0.3 is 17.9 Å². The van der Waals surface area contributed by atoms with Gasteiger partial charge in [0.1, 0.15) is 13.2 Å². The molecule has 0 aromatic rings. The smallest absolute Gasteiger partial charge is 0.306 e. The molecule has 0 aliphatic carbocycles. The number of carbonyl (C=O) groups excluding carboxylic acids is 3. The molecule has 0 aliphatic rings. The predicted octanol–water partition coefficient (Wildman–Crippen LogP) is 24.6. The van der Waals surface area contributed by atoms with Gasteiger partial charge in [0, 0.05) is 19.3 Å². The van der Waals surface area contributed by atoms with Gasteiger partial charge in [-0.25, -0.2) is 0 Å². The van der Waals surface area contributed by atoms with E-state index < -0.39 is 6.10 Å². The molecule has 6 heteroatoms. The van der Waals surface area contributed by atoms with Crippen LogP contribution in [-0.2, 0) is 28.6 Å². The second-order valence-corrected chi connectivity index (χ2v) is 23.8. The number of unbranched alkanes of at least 4 members (excludes halogenated alkanes) is 40. The van der Waals surface area contributed by atoms with Gasteiger partial charge in [0.2, 0.25) is 0 Å². The first-order chi connectivity index (χ1) is 40.5. The van der Waals surface area contributed by atoms with Crippen molar-refractivity contribution in [3.63, 3.8) is 0 Å². The number of esters is 3. The average Bonchev–Trinajstić information content (AvgIpc) is 3.47. The van der Waals surface area contributed by atoms with Crippen LogP contribution in [0.2, 0.25) is 0 Å². The van der Waals surface area contributed by atoms with Crippen LogP contribution in [0.1, 0.15) is 361 Å². The summed E-state index contributed by atoms with van der Waals surface area (Å²) in [7, 11) is 0. The van der Waals surface area contributed by atoms with Gasteiger partial charge in [-0.3, -0.25) is 14.4 Å². The zero-order valence-corrected chi connectivity index (χ0v) is 54.5. The van der Waals surface area contributed by atoms with Gasteiger partial charge in [0.05, 0.1) is 0 Å². The largest absolute Gasteiger partial charge is 0.462 e. The molecule has 0 saturated heterocycles. The van der Waals surface area contributed by atoms with E-state index in [9.17, 15) is 14.4 Å². The van der Waals surface area contributed by atoms with Crippen LogP contribution >= 0.6 is 0 Å². The topological polar surface area (TPSA) is 78.9 Å². The van der Waals surface area contributed by atoms with Crippen molar-refractivity contribution in [1.82, 2.24) is 0 Å². The Kier molecular flexibility index (Phi) is 67.2. The number of hydrogen-bond acceptors (Lipinski definition) is 6. The Hall–Kier alpha value is -3.41. The van der Waals surface area contributed by atoms with Crippen molar-refractivity contribution in [2.45, 2.75) is 367 Å². The lowest BCUT2D eigenvalue weighted by atomic mass is 10.0. The predicted molar refractivity (Wildman–Crippen MR) is 358 cm³/mol. The van der Waals surface area contributed by atoms with Gasteiger partial charge < -0.3 is 14.2 Å². The number of ether oxygens (including phenoxy) is 3. The number of allylic oxidation sites excluding steroid dienone is 14. The lowest BCUT2D eigenvalue weighted by molar-refractivity contribution is -0.167. The van der Waals surface area contributed by atoms with E-state index in [2.05, 4.69) is 106 Å². The van der Waals surface area contributed by atoms with Gasteiger partial charge in [-0.15, -0.1) is 0 Å². The van der Waals surface area contributed by atoms with Gasteiger partial charge in [-0.2, -0.15) is 0 Å². The summed E-state index contributed by atoms with van der Waals surface area (Å²) in [6.07, 6.45) is 93.5. The normalized spacial score (nSPS) is 12.6. The van der Waals surface area contributed by atoms with Crippen molar-refractivity contribution in [2.24, 2.45) is 0 Å². The highest BCUT2D eigenvalue weighted by molar-refractivity contribution is 5.71. The van der Waals surface area contributed by atoms with E-state index in [1.54, 1.807) is 0 Å². The third-order valence-corrected chi connectivity index (χ3v) is 15.7. The van der Waals surface area contributed by atoms with Crippen molar-refractivity contribution < 1.29 is 28.6 Å². The zero-order chi connectivity index (χ0) is 59.2. The van der Waals surface area contributed by atoms with E-state index in [-0.39, 0.29) is 31.1 Å². The highest BCUT2D eigenvalue weighted by atomic mass is 16.6. The van der Waals surface area contributed by atoms with Crippen LogP contribution in [0, 0.1) is 0 Å². The maximum atomic E-state index is 12.9. The van der Waals surface area contributed by atoms with Crippen LogP contribution in [0.3, 0.4) is 0 Å². The molecule has 0 spiro atoms. The number of carbonyl (C=O) groups is 3. The highest BCUT2D eigenvalue weighted by Crippen LogP contribution is 2.18. The van der Waals surface area contributed by atoms with E-state index in [1.165, 1.54) is 218 Å². The van der Waals surface area contributed by atoms with Crippen LogP contribution in [0.25, 0.3) is 0 Å². The lowest BCUT2D eigenvalue weighted by Crippen LogP contribution is -2.30. The molecule has 0 aromatic carbocycles. The molecule has 0 radical (unpaired) electrons. The second kappa shape index (κ2) is 70.1. The summed E-state index contributed by atoms with van der Waals surface area (Å²) in [5.41, 5.74) is 0. The van der Waals surface area contributed by atoms with Crippen LogP contribution in [-0.4, -0.2) is 37.2 Å². The van der Waals surface area contributed by atoms with Gasteiger partial charge in [0.15, 0.2) is 6.10 Å². The van der Waals surface area contributed by atoms with Gasteiger partial charge in [-0.1, -0.05) is 350 Å².